The second-order valence-electron chi connectivity index (χ2n) is 4.30. The van der Waals surface area contributed by atoms with Crippen LogP contribution in [0.5, 0.6) is 5.75 Å². The fourth-order valence-corrected chi connectivity index (χ4v) is 2.21. The van der Waals surface area contributed by atoms with E-state index in [-0.39, 0.29) is 13.2 Å². The summed E-state index contributed by atoms with van der Waals surface area (Å²) in [6, 6.07) is 5.76. The Bertz CT molecular complexity index is 353. The van der Waals surface area contributed by atoms with Crippen molar-refractivity contribution in [3.8, 4) is 5.75 Å². The van der Waals surface area contributed by atoms with Crippen molar-refractivity contribution in [1.29, 1.82) is 0 Å². The molecule has 0 radical (unpaired) electrons. The molecule has 2 N–H and O–H groups in total. The molecule has 1 rings (SSSR count). The SMILES string of the molecule is CCC(CO)(CO)Cc1cc(Br)ccc1OC. The van der Waals surface area contributed by atoms with Gasteiger partial charge in [0.25, 0.3) is 0 Å². The molecule has 0 unspecified atom stereocenters. The van der Waals surface area contributed by atoms with Crippen LogP contribution in [-0.4, -0.2) is 30.5 Å². The van der Waals surface area contributed by atoms with Crippen LogP contribution in [0.3, 0.4) is 0 Å². The molecule has 96 valence electrons. The average Bonchev–Trinajstić information content (AvgIpc) is 2.36. The first-order chi connectivity index (χ1) is 8.10. The molecule has 3 nitrogen and oxygen atoms in total. The molecule has 0 fully saturated rings. The number of aliphatic hydroxyl groups is 2. The summed E-state index contributed by atoms with van der Waals surface area (Å²) < 4.78 is 6.26. The Labute approximate surface area is 111 Å². The summed E-state index contributed by atoms with van der Waals surface area (Å²) in [6.45, 7) is 1.90. The van der Waals surface area contributed by atoms with Gasteiger partial charge in [0.1, 0.15) is 5.75 Å². The third-order valence-electron chi connectivity index (χ3n) is 3.23. The molecule has 17 heavy (non-hydrogen) atoms. The van der Waals surface area contributed by atoms with Crippen LogP contribution in [0.2, 0.25) is 0 Å². The van der Waals surface area contributed by atoms with Gasteiger partial charge in [-0.1, -0.05) is 22.9 Å². The van der Waals surface area contributed by atoms with E-state index >= 15 is 0 Å². The van der Waals surface area contributed by atoms with Gasteiger partial charge in [-0.2, -0.15) is 0 Å². The number of methoxy groups -OCH3 is 1. The first-order valence-corrected chi connectivity index (χ1v) is 6.44. The average molecular weight is 303 g/mol. The highest BCUT2D eigenvalue weighted by Gasteiger charge is 2.28. The second kappa shape index (κ2) is 6.38. The molecule has 1 aromatic carbocycles. The second-order valence-corrected chi connectivity index (χ2v) is 5.22. The molecule has 0 amide bonds. The molecule has 0 aliphatic rings. The van der Waals surface area contributed by atoms with Crippen molar-refractivity contribution in [1.82, 2.24) is 0 Å². The van der Waals surface area contributed by atoms with Gasteiger partial charge in [0.15, 0.2) is 0 Å². The minimum atomic E-state index is -0.478. The van der Waals surface area contributed by atoms with Crippen molar-refractivity contribution in [3.63, 3.8) is 0 Å². The van der Waals surface area contributed by atoms with E-state index in [1.807, 2.05) is 25.1 Å². The van der Waals surface area contributed by atoms with E-state index in [4.69, 9.17) is 4.74 Å². The van der Waals surface area contributed by atoms with Crippen LogP contribution >= 0.6 is 15.9 Å². The minimum absolute atomic E-state index is 0.0321. The molecule has 4 heteroatoms. The Balaban J connectivity index is 3.03. The molecule has 0 bridgehead atoms. The maximum atomic E-state index is 9.46. The standard InChI is InChI=1S/C13H19BrO3/c1-3-13(8-15,9-16)7-10-6-11(14)4-5-12(10)17-2/h4-6,15-16H,3,7-9H2,1-2H3. The highest BCUT2D eigenvalue weighted by molar-refractivity contribution is 9.10. The third-order valence-corrected chi connectivity index (χ3v) is 3.72. The van der Waals surface area contributed by atoms with Gasteiger partial charge in [-0.15, -0.1) is 0 Å². The van der Waals surface area contributed by atoms with Crippen LogP contribution < -0.4 is 4.74 Å². The van der Waals surface area contributed by atoms with Gasteiger partial charge in [-0.3, -0.25) is 0 Å². The molecule has 0 aliphatic carbocycles. The quantitative estimate of drug-likeness (QED) is 0.848. The number of halogens is 1. The van der Waals surface area contributed by atoms with Crippen molar-refractivity contribution in [2.24, 2.45) is 5.41 Å². The van der Waals surface area contributed by atoms with E-state index < -0.39 is 5.41 Å². The van der Waals surface area contributed by atoms with Crippen LogP contribution in [0.15, 0.2) is 22.7 Å². The summed E-state index contributed by atoms with van der Waals surface area (Å²) in [6.07, 6.45) is 1.31. The highest BCUT2D eigenvalue weighted by atomic mass is 79.9. The first-order valence-electron chi connectivity index (χ1n) is 5.65. The fraction of sp³-hybridized carbons (Fsp3) is 0.538. The molecular weight excluding hydrogens is 284 g/mol. The molecule has 0 heterocycles. The number of hydrogen-bond donors (Lipinski definition) is 2. The summed E-state index contributed by atoms with van der Waals surface area (Å²) in [4.78, 5) is 0. The van der Waals surface area contributed by atoms with Crippen molar-refractivity contribution in [2.45, 2.75) is 19.8 Å². The van der Waals surface area contributed by atoms with Gasteiger partial charge in [-0.25, -0.2) is 0 Å². The minimum Gasteiger partial charge on any atom is -0.496 e. The fourth-order valence-electron chi connectivity index (χ4n) is 1.80. The Hall–Kier alpha value is -0.580. The Morgan fingerprint density at radius 3 is 2.41 bits per heavy atom. The van der Waals surface area contributed by atoms with Gasteiger partial charge in [-0.05, 0) is 36.6 Å². The molecule has 1 aromatic rings. The lowest BCUT2D eigenvalue weighted by atomic mass is 9.80. The van der Waals surface area contributed by atoms with Gasteiger partial charge in [0, 0.05) is 9.89 Å². The maximum Gasteiger partial charge on any atom is 0.122 e. The first kappa shape index (κ1) is 14.5. The van der Waals surface area contributed by atoms with Crippen molar-refractivity contribution in [2.75, 3.05) is 20.3 Å². The molecule has 0 spiro atoms. The van der Waals surface area contributed by atoms with Crippen LogP contribution in [0.25, 0.3) is 0 Å². The Morgan fingerprint density at radius 1 is 1.29 bits per heavy atom. The summed E-state index contributed by atoms with van der Waals surface area (Å²) >= 11 is 3.42. The third kappa shape index (κ3) is 3.44. The molecule has 0 saturated carbocycles. The lowest BCUT2D eigenvalue weighted by molar-refractivity contribution is 0.0509. The zero-order chi connectivity index (χ0) is 12.9. The predicted octanol–water partition coefficient (Wildman–Crippen LogP) is 2.38. The number of aliphatic hydroxyl groups excluding tert-OH is 2. The van der Waals surface area contributed by atoms with Gasteiger partial charge in [0.05, 0.1) is 20.3 Å². The van der Waals surface area contributed by atoms with Crippen LogP contribution in [0.4, 0.5) is 0 Å². The normalized spacial score (nSPS) is 11.6. The van der Waals surface area contributed by atoms with Crippen LogP contribution in [-0.2, 0) is 6.42 Å². The van der Waals surface area contributed by atoms with Gasteiger partial charge < -0.3 is 14.9 Å². The Morgan fingerprint density at radius 2 is 1.94 bits per heavy atom. The maximum absolute atomic E-state index is 9.46. The summed E-state index contributed by atoms with van der Waals surface area (Å²) in [5.74, 6) is 0.785. The van der Waals surface area contributed by atoms with Crippen molar-refractivity contribution >= 4 is 15.9 Å². The van der Waals surface area contributed by atoms with E-state index in [9.17, 15) is 10.2 Å². The van der Waals surface area contributed by atoms with Crippen LogP contribution in [0, 0.1) is 5.41 Å². The number of ether oxygens (including phenoxy) is 1. The molecule has 0 aliphatic heterocycles. The van der Waals surface area contributed by atoms with E-state index in [1.165, 1.54) is 0 Å². The molecular formula is C13H19BrO3. The van der Waals surface area contributed by atoms with Crippen molar-refractivity contribution < 1.29 is 14.9 Å². The number of hydrogen-bond acceptors (Lipinski definition) is 3. The van der Waals surface area contributed by atoms with Crippen molar-refractivity contribution in [3.05, 3.63) is 28.2 Å². The lowest BCUT2D eigenvalue weighted by Gasteiger charge is -2.29. The van der Waals surface area contributed by atoms with E-state index in [1.54, 1.807) is 7.11 Å². The smallest absolute Gasteiger partial charge is 0.122 e. The molecule has 0 saturated heterocycles. The van der Waals surface area contributed by atoms with Gasteiger partial charge in [0.2, 0.25) is 0 Å². The monoisotopic (exact) mass is 302 g/mol. The van der Waals surface area contributed by atoms with E-state index in [2.05, 4.69) is 15.9 Å². The number of benzene rings is 1. The van der Waals surface area contributed by atoms with E-state index in [0.717, 1.165) is 22.2 Å². The topological polar surface area (TPSA) is 49.7 Å². The van der Waals surface area contributed by atoms with E-state index in [0.29, 0.717) is 6.42 Å². The largest absolute Gasteiger partial charge is 0.496 e. The zero-order valence-electron chi connectivity index (χ0n) is 10.2. The highest BCUT2D eigenvalue weighted by Crippen LogP contribution is 2.32. The van der Waals surface area contributed by atoms with Crippen LogP contribution in [0.1, 0.15) is 18.9 Å². The Kier molecular flexibility index (Phi) is 5.43. The molecule has 0 aromatic heterocycles. The zero-order valence-corrected chi connectivity index (χ0v) is 11.8. The number of rotatable bonds is 6. The summed E-state index contributed by atoms with van der Waals surface area (Å²) in [5.41, 5.74) is 0.514. The lowest BCUT2D eigenvalue weighted by Crippen LogP contribution is -2.31. The molecule has 0 atom stereocenters. The van der Waals surface area contributed by atoms with Gasteiger partial charge >= 0.3 is 0 Å². The predicted molar refractivity (Wildman–Crippen MR) is 71.3 cm³/mol. The summed E-state index contributed by atoms with van der Waals surface area (Å²) in [7, 11) is 1.62. The summed E-state index contributed by atoms with van der Waals surface area (Å²) in [5, 5.41) is 18.9.